The van der Waals surface area contributed by atoms with Crippen LogP contribution >= 0.6 is 0 Å². The quantitative estimate of drug-likeness (QED) is 0.585. The van der Waals surface area contributed by atoms with Gasteiger partial charge in [-0.1, -0.05) is 0 Å². The van der Waals surface area contributed by atoms with Crippen LogP contribution < -0.4 is 0 Å². The van der Waals surface area contributed by atoms with Gasteiger partial charge in [0.05, 0.1) is 19.1 Å². The topological polar surface area (TPSA) is 46.5 Å². The molecule has 0 heterocycles. The Morgan fingerprint density at radius 3 is 2.58 bits per heavy atom. The van der Waals surface area contributed by atoms with E-state index < -0.39 is 6.10 Å². The maximum atomic E-state index is 11.2. The van der Waals surface area contributed by atoms with E-state index in [1.54, 1.807) is 0 Å². The maximum absolute atomic E-state index is 11.2. The zero-order valence-electron chi connectivity index (χ0n) is 7.19. The number of fused-ring (bicyclic) bond motifs is 2. The van der Waals surface area contributed by atoms with Gasteiger partial charge in [-0.3, -0.25) is 4.79 Å². The zero-order chi connectivity index (χ0) is 8.72. The Morgan fingerprint density at radius 2 is 2.08 bits per heavy atom. The lowest BCUT2D eigenvalue weighted by Gasteiger charge is -2.24. The predicted molar refractivity (Wildman–Crippen MR) is 42.3 cm³/mol. The summed E-state index contributed by atoms with van der Waals surface area (Å²) >= 11 is 0. The highest BCUT2D eigenvalue weighted by Crippen LogP contribution is 2.48. The van der Waals surface area contributed by atoms with Crippen molar-refractivity contribution in [2.75, 3.05) is 7.11 Å². The number of carbonyl (C=O) groups excluding carboxylic acids is 1. The van der Waals surface area contributed by atoms with Gasteiger partial charge in [-0.2, -0.15) is 0 Å². The van der Waals surface area contributed by atoms with Crippen molar-refractivity contribution in [3.05, 3.63) is 0 Å². The van der Waals surface area contributed by atoms with Crippen LogP contribution in [0.15, 0.2) is 0 Å². The van der Waals surface area contributed by atoms with Gasteiger partial charge < -0.3 is 9.84 Å². The molecule has 2 saturated carbocycles. The first-order valence-electron chi connectivity index (χ1n) is 4.50. The zero-order valence-corrected chi connectivity index (χ0v) is 7.19. The second-order valence-corrected chi connectivity index (χ2v) is 3.87. The van der Waals surface area contributed by atoms with E-state index in [0.29, 0.717) is 11.8 Å². The number of hydrogen-bond donors (Lipinski definition) is 1. The summed E-state index contributed by atoms with van der Waals surface area (Å²) in [4.78, 5) is 11.2. The van der Waals surface area contributed by atoms with Crippen molar-refractivity contribution in [3.63, 3.8) is 0 Å². The van der Waals surface area contributed by atoms with E-state index in [0.717, 1.165) is 19.3 Å². The van der Waals surface area contributed by atoms with Gasteiger partial charge in [-0.15, -0.1) is 0 Å². The van der Waals surface area contributed by atoms with Gasteiger partial charge in [-0.25, -0.2) is 0 Å². The lowest BCUT2D eigenvalue weighted by Crippen LogP contribution is -2.34. The summed E-state index contributed by atoms with van der Waals surface area (Å²) in [6.07, 6.45) is 2.75. The van der Waals surface area contributed by atoms with Gasteiger partial charge in [0.1, 0.15) is 0 Å². The van der Waals surface area contributed by atoms with E-state index >= 15 is 0 Å². The van der Waals surface area contributed by atoms with Crippen molar-refractivity contribution in [1.29, 1.82) is 0 Å². The van der Waals surface area contributed by atoms with Crippen LogP contribution in [0.4, 0.5) is 0 Å². The first kappa shape index (κ1) is 8.05. The number of methoxy groups -OCH3 is 1. The molecule has 3 nitrogen and oxygen atoms in total. The minimum Gasteiger partial charge on any atom is -0.469 e. The molecule has 2 bridgehead atoms. The summed E-state index contributed by atoms with van der Waals surface area (Å²) in [6, 6.07) is 0. The highest BCUT2D eigenvalue weighted by Gasteiger charge is 2.50. The van der Waals surface area contributed by atoms with Crippen LogP contribution in [0.25, 0.3) is 0 Å². The molecule has 12 heavy (non-hydrogen) atoms. The van der Waals surface area contributed by atoms with Crippen LogP contribution in [0, 0.1) is 17.8 Å². The summed E-state index contributed by atoms with van der Waals surface area (Å²) < 4.78 is 4.66. The van der Waals surface area contributed by atoms with Crippen molar-refractivity contribution >= 4 is 5.97 Å². The number of carbonyl (C=O) groups is 1. The Kier molecular flexibility index (Phi) is 1.83. The molecule has 0 aromatic rings. The molecule has 68 valence electrons. The van der Waals surface area contributed by atoms with Crippen LogP contribution in [0.1, 0.15) is 19.3 Å². The Labute approximate surface area is 71.7 Å². The molecular weight excluding hydrogens is 156 g/mol. The molecular formula is C9H14O3. The molecule has 3 heteroatoms. The van der Waals surface area contributed by atoms with Crippen molar-refractivity contribution in [2.45, 2.75) is 25.4 Å². The number of aliphatic hydroxyl groups is 1. The molecule has 2 aliphatic carbocycles. The maximum Gasteiger partial charge on any atom is 0.311 e. The fourth-order valence-electron chi connectivity index (χ4n) is 2.73. The van der Waals surface area contributed by atoms with Gasteiger partial charge in [-0.05, 0) is 31.1 Å². The lowest BCUT2D eigenvalue weighted by molar-refractivity contribution is -0.151. The van der Waals surface area contributed by atoms with E-state index in [2.05, 4.69) is 4.74 Å². The van der Waals surface area contributed by atoms with E-state index in [1.165, 1.54) is 7.11 Å². The lowest BCUT2D eigenvalue weighted by atomic mass is 9.86. The molecule has 0 amide bonds. The second kappa shape index (κ2) is 2.73. The number of rotatable bonds is 1. The van der Waals surface area contributed by atoms with Gasteiger partial charge in [0.2, 0.25) is 0 Å². The molecule has 0 aromatic heterocycles. The third-order valence-corrected chi connectivity index (χ3v) is 3.35. The normalized spacial score (nSPS) is 44.8. The minimum atomic E-state index is -0.434. The first-order chi connectivity index (χ1) is 5.74. The van der Waals surface area contributed by atoms with Crippen molar-refractivity contribution in [3.8, 4) is 0 Å². The summed E-state index contributed by atoms with van der Waals surface area (Å²) in [7, 11) is 1.39. The molecule has 2 rings (SSSR count). The number of hydrogen-bond acceptors (Lipinski definition) is 3. The summed E-state index contributed by atoms with van der Waals surface area (Å²) in [5.74, 6) is 0.292. The third-order valence-electron chi connectivity index (χ3n) is 3.35. The summed E-state index contributed by atoms with van der Waals surface area (Å²) in [5, 5.41) is 9.68. The number of aliphatic hydroxyl groups excluding tert-OH is 1. The smallest absolute Gasteiger partial charge is 0.311 e. The first-order valence-corrected chi connectivity index (χ1v) is 4.50. The summed E-state index contributed by atoms with van der Waals surface area (Å²) in [5.41, 5.74) is 0. The van der Waals surface area contributed by atoms with Gasteiger partial charge in [0.15, 0.2) is 0 Å². The minimum absolute atomic E-state index is 0.227. The SMILES string of the molecule is COC(=O)[C@H]1[C@@H]2CC[C@@H](C2)[C@H]1O. The fourth-order valence-corrected chi connectivity index (χ4v) is 2.73. The van der Waals surface area contributed by atoms with E-state index in [9.17, 15) is 9.90 Å². The standard InChI is InChI=1S/C9H14O3/c1-12-9(11)7-5-2-3-6(4-5)8(7)10/h5-8,10H,2-4H2,1H3/t5-,6+,7+,8-/m1/s1. The predicted octanol–water partition coefficient (Wildman–Crippen LogP) is 0.566. The highest BCUT2D eigenvalue weighted by molar-refractivity contribution is 5.74. The van der Waals surface area contributed by atoms with Crippen molar-refractivity contribution in [1.82, 2.24) is 0 Å². The Balaban J connectivity index is 2.12. The molecule has 0 unspecified atom stereocenters. The van der Waals surface area contributed by atoms with E-state index in [4.69, 9.17) is 0 Å². The molecule has 0 spiro atoms. The third kappa shape index (κ3) is 0.959. The van der Waals surface area contributed by atoms with Gasteiger partial charge >= 0.3 is 5.97 Å². The molecule has 0 radical (unpaired) electrons. The monoisotopic (exact) mass is 170 g/mol. The largest absolute Gasteiger partial charge is 0.469 e. The number of ether oxygens (including phenoxy) is 1. The average Bonchev–Trinajstić information content (AvgIpc) is 2.63. The number of esters is 1. The Morgan fingerprint density at radius 1 is 1.42 bits per heavy atom. The molecule has 4 atom stereocenters. The molecule has 0 aromatic carbocycles. The van der Waals surface area contributed by atoms with Gasteiger partial charge in [0, 0.05) is 0 Å². The molecule has 1 N–H and O–H groups in total. The Hall–Kier alpha value is -0.570. The van der Waals surface area contributed by atoms with Crippen LogP contribution in [0.3, 0.4) is 0 Å². The van der Waals surface area contributed by atoms with Crippen LogP contribution in [-0.2, 0) is 9.53 Å². The van der Waals surface area contributed by atoms with Crippen molar-refractivity contribution < 1.29 is 14.6 Å². The molecule has 2 fully saturated rings. The molecule has 2 aliphatic rings. The molecule has 0 aliphatic heterocycles. The van der Waals surface area contributed by atoms with Crippen molar-refractivity contribution in [2.24, 2.45) is 17.8 Å². The second-order valence-electron chi connectivity index (χ2n) is 3.87. The Bertz CT molecular complexity index is 200. The van der Waals surface area contributed by atoms with Crippen LogP contribution in [-0.4, -0.2) is 24.3 Å². The van der Waals surface area contributed by atoms with Crippen LogP contribution in [0.5, 0.6) is 0 Å². The van der Waals surface area contributed by atoms with E-state index in [-0.39, 0.29) is 11.9 Å². The average molecular weight is 170 g/mol. The van der Waals surface area contributed by atoms with Gasteiger partial charge in [0.25, 0.3) is 0 Å². The van der Waals surface area contributed by atoms with Crippen LogP contribution in [0.2, 0.25) is 0 Å². The fraction of sp³-hybridized carbons (Fsp3) is 0.889. The summed E-state index contributed by atoms with van der Waals surface area (Å²) in [6.45, 7) is 0. The van der Waals surface area contributed by atoms with E-state index in [1.807, 2.05) is 0 Å². The molecule has 0 saturated heterocycles. The highest BCUT2D eigenvalue weighted by atomic mass is 16.5.